The van der Waals surface area contributed by atoms with E-state index in [4.69, 9.17) is 5.73 Å². The number of nitrogens with two attached hydrogens (primary N) is 1. The minimum atomic E-state index is 0.762. The first kappa shape index (κ1) is 9.44. The maximum Gasteiger partial charge on any atom is -0.00426 e. The minimum absolute atomic E-state index is 0.762. The van der Waals surface area contributed by atoms with E-state index in [9.17, 15) is 0 Å². The highest BCUT2D eigenvalue weighted by Gasteiger charge is 1.78. The third-order valence-corrected chi connectivity index (χ3v) is 1.28. The summed E-state index contributed by atoms with van der Waals surface area (Å²) in [7, 11) is 0. The van der Waals surface area contributed by atoms with Crippen LogP contribution in [0.25, 0.3) is 0 Å². The Balaban J connectivity index is 2.94. The molecule has 0 saturated carbocycles. The lowest BCUT2D eigenvalue weighted by Gasteiger charge is -1.88. The zero-order chi connectivity index (χ0) is 7.66. The molecule has 0 rings (SSSR count). The van der Waals surface area contributed by atoms with Crippen molar-refractivity contribution < 1.29 is 0 Å². The van der Waals surface area contributed by atoms with E-state index in [-0.39, 0.29) is 0 Å². The van der Waals surface area contributed by atoms with Gasteiger partial charge in [0.15, 0.2) is 0 Å². The van der Waals surface area contributed by atoms with Crippen molar-refractivity contribution >= 4 is 0 Å². The summed E-state index contributed by atoms with van der Waals surface area (Å²) < 4.78 is 0. The normalized spacial score (nSPS) is 10.5. The van der Waals surface area contributed by atoms with Gasteiger partial charge in [-0.2, -0.15) is 0 Å². The Bertz CT molecular complexity index is 94.9. The minimum Gasteiger partial charge on any atom is -0.330 e. The molecule has 0 amide bonds. The Labute approximate surface area is 63.6 Å². The quantitative estimate of drug-likeness (QED) is 0.443. The molecule has 0 heterocycles. The molecule has 0 aromatic carbocycles. The molecule has 0 aromatic rings. The topological polar surface area (TPSA) is 26.0 Å². The van der Waals surface area contributed by atoms with Crippen LogP contribution in [0.4, 0.5) is 0 Å². The Morgan fingerprint density at radius 2 is 1.80 bits per heavy atom. The second-order valence-electron chi connectivity index (χ2n) is 2.27. The van der Waals surface area contributed by atoms with Crippen molar-refractivity contribution in [1.82, 2.24) is 0 Å². The van der Waals surface area contributed by atoms with Gasteiger partial charge < -0.3 is 5.73 Å². The van der Waals surface area contributed by atoms with Crippen molar-refractivity contribution in [2.75, 3.05) is 6.54 Å². The fourth-order valence-electron chi connectivity index (χ4n) is 0.712. The van der Waals surface area contributed by atoms with Crippen LogP contribution in [0.3, 0.4) is 0 Å². The van der Waals surface area contributed by atoms with Crippen LogP contribution >= 0.6 is 0 Å². The molecule has 0 bridgehead atoms. The summed E-state index contributed by atoms with van der Waals surface area (Å²) in [6.45, 7) is 4.41. The van der Waals surface area contributed by atoms with Gasteiger partial charge in [-0.25, -0.2) is 0 Å². The van der Waals surface area contributed by atoms with Crippen LogP contribution in [-0.2, 0) is 0 Å². The van der Waals surface area contributed by atoms with Crippen LogP contribution in [0.15, 0.2) is 24.8 Å². The lowest BCUT2D eigenvalue weighted by molar-refractivity contribution is 0.863. The molecule has 0 aliphatic heterocycles. The van der Waals surface area contributed by atoms with E-state index >= 15 is 0 Å². The van der Waals surface area contributed by atoms with Gasteiger partial charge in [0.05, 0.1) is 0 Å². The van der Waals surface area contributed by atoms with Crippen LogP contribution in [-0.4, -0.2) is 6.54 Å². The van der Waals surface area contributed by atoms with E-state index in [1.807, 2.05) is 6.08 Å². The number of unbranched alkanes of at least 4 members (excludes halogenated alkanes) is 2. The van der Waals surface area contributed by atoms with Gasteiger partial charge in [-0.15, -0.1) is 6.58 Å². The summed E-state index contributed by atoms with van der Waals surface area (Å²) >= 11 is 0. The Morgan fingerprint density at radius 1 is 1.10 bits per heavy atom. The van der Waals surface area contributed by atoms with Crippen molar-refractivity contribution in [1.29, 1.82) is 0 Å². The first-order valence-corrected chi connectivity index (χ1v) is 3.87. The highest BCUT2D eigenvalue weighted by molar-refractivity contribution is 4.82. The third-order valence-electron chi connectivity index (χ3n) is 1.28. The van der Waals surface area contributed by atoms with Gasteiger partial charge >= 0.3 is 0 Å². The van der Waals surface area contributed by atoms with Gasteiger partial charge in [-0.05, 0) is 32.2 Å². The van der Waals surface area contributed by atoms with Crippen molar-refractivity contribution in [2.24, 2.45) is 5.73 Å². The highest BCUT2D eigenvalue weighted by Crippen LogP contribution is 1.96. The number of allylic oxidation sites excluding steroid dienone is 2. The standard InChI is InChI=1S/C9H17N/c1-2-3-4-5-6-7-8-9-10/h2,6-7H,1,3-5,8-10H2. The lowest BCUT2D eigenvalue weighted by Crippen LogP contribution is -1.94. The summed E-state index contributed by atoms with van der Waals surface area (Å²) in [5.74, 6) is 0. The summed E-state index contributed by atoms with van der Waals surface area (Å²) in [4.78, 5) is 0. The van der Waals surface area contributed by atoms with E-state index < -0.39 is 0 Å². The van der Waals surface area contributed by atoms with Gasteiger partial charge in [0, 0.05) is 0 Å². The molecule has 0 saturated heterocycles. The van der Waals surface area contributed by atoms with E-state index in [1.54, 1.807) is 0 Å². The van der Waals surface area contributed by atoms with Crippen LogP contribution < -0.4 is 5.73 Å². The first-order chi connectivity index (χ1) is 4.91. The molecule has 58 valence electrons. The van der Waals surface area contributed by atoms with E-state index in [0.717, 1.165) is 25.8 Å². The van der Waals surface area contributed by atoms with Crippen LogP contribution in [0.2, 0.25) is 0 Å². The SMILES string of the molecule is C=CCCCC=CCCN. The van der Waals surface area contributed by atoms with Gasteiger partial charge in [-0.3, -0.25) is 0 Å². The zero-order valence-electron chi connectivity index (χ0n) is 6.55. The van der Waals surface area contributed by atoms with Gasteiger partial charge in [0.25, 0.3) is 0 Å². The van der Waals surface area contributed by atoms with Crippen molar-refractivity contribution in [3.05, 3.63) is 24.8 Å². The molecule has 2 N–H and O–H groups in total. The number of rotatable bonds is 6. The molecule has 0 fully saturated rings. The number of hydrogen-bond donors (Lipinski definition) is 1. The zero-order valence-corrected chi connectivity index (χ0v) is 6.55. The Kier molecular flexibility index (Phi) is 7.97. The average Bonchev–Trinajstić information content (AvgIpc) is 1.97. The second-order valence-corrected chi connectivity index (χ2v) is 2.27. The van der Waals surface area contributed by atoms with Crippen molar-refractivity contribution in [2.45, 2.75) is 25.7 Å². The lowest BCUT2D eigenvalue weighted by atomic mass is 10.2. The maximum atomic E-state index is 5.30. The fourth-order valence-corrected chi connectivity index (χ4v) is 0.712. The summed E-state index contributed by atoms with van der Waals surface area (Å²) in [5.41, 5.74) is 5.30. The number of hydrogen-bond acceptors (Lipinski definition) is 1. The molecular weight excluding hydrogens is 122 g/mol. The largest absolute Gasteiger partial charge is 0.330 e. The highest BCUT2D eigenvalue weighted by atomic mass is 14.5. The van der Waals surface area contributed by atoms with Crippen LogP contribution in [0.1, 0.15) is 25.7 Å². The molecule has 0 atom stereocenters. The predicted molar refractivity (Wildman–Crippen MR) is 46.9 cm³/mol. The van der Waals surface area contributed by atoms with Gasteiger partial charge in [-0.1, -0.05) is 18.2 Å². The molecular formula is C9H17N. The molecule has 0 spiro atoms. The van der Waals surface area contributed by atoms with E-state index in [0.29, 0.717) is 0 Å². The van der Waals surface area contributed by atoms with Gasteiger partial charge in [0.2, 0.25) is 0 Å². The monoisotopic (exact) mass is 139 g/mol. The van der Waals surface area contributed by atoms with E-state index in [2.05, 4.69) is 18.7 Å². The van der Waals surface area contributed by atoms with E-state index in [1.165, 1.54) is 6.42 Å². The molecule has 0 aliphatic rings. The average molecular weight is 139 g/mol. The Hall–Kier alpha value is -0.560. The van der Waals surface area contributed by atoms with Crippen molar-refractivity contribution in [3.63, 3.8) is 0 Å². The molecule has 0 aromatic heterocycles. The third kappa shape index (κ3) is 7.44. The fraction of sp³-hybridized carbons (Fsp3) is 0.556. The summed E-state index contributed by atoms with van der Waals surface area (Å²) in [6, 6.07) is 0. The molecule has 1 heteroatoms. The smallest absolute Gasteiger partial charge is 0.00426 e. The predicted octanol–water partition coefficient (Wildman–Crippen LogP) is 2.25. The molecule has 1 nitrogen and oxygen atoms in total. The molecule has 0 unspecified atom stereocenters. The maximum absolute atomic E-state index is 5.30. The van der Waals surface area contributed by atoms with Crippen LogP contribution in [0, 0.1) is 0 Å². The van der Waals surface area contributed by atoms with Gasteiger partial charge in [0.1, 0.15) is 0 Å². The first-order valence-electron chi connectivity index (χ1n) is 3.87. The molecule has 10 heavy (non-hydrogen) atoms. The Morgan fingerprint density at radius 3 is 2.40 bits per heavy atom. The second kappa shape index (κ2) is 8.44. The summed E-state index contributed by atoms with van der Waals surface area (Å²) in [6.07, 6.45) is 10.8. The summed E-state index contributed by atoms with van der Waals surface area (Å²) in [5, 5.41) is 0. The van der Waals surface area contributed by atoms with Crippen LogP contribution in [0.5, 0.6) is 0 Å². The van der Waals surface area contributed by atoms with Crippen molar-refractivity contribution in [3.8, 4) is 0 Å². The molecule has 0 aliphatic carbocycles. The molecule has 0 radical (unpaired) electrons.